The lowest BCUT2D eigenvalue weighted by Crippen LogP contribution is -2.04. The van der Waals surface area contributed by atoms with Crippen LogP contribution >= 0.6 is 0 Å². The molecule has 0 aliphatic heterocycles. The molecule has 0 fully saturated rings. The van der Waals surface area contributed by atoms with Crippen molar-refractivity contribution in [2.24, 2.45) is 20.5 Å². The van der Waals surface area contributed by atoms with Crippen molar-refractivity contribution in [1.82, 2.24) is 0 Å². The molecule has 0 saturated carbocycles. The Morgan fingerprint density at radius 2 is 1.89 bits per heavy atom. The quantitative estimate of drug-likeness (QED) is 0.484. The summed E-state index contributed by atoms with van der Waals surface area (Å²) in [5, 5.41) is 22.7. The summed E-state index contributed by atoms with van der Waals surface area (Å²) in [5.74, 6) is 0. The van der Waals surface area contributed by atoms with Gasteiger partial charge >= 0.3 is 0 Å². The van der Waals surface area contributed by atoms with Gasteiger partial charge in [0.2, 0.25) is 0 Å². The van der Waals surface area contributed by atoms with Gasteiger partial charge in [-0.25, -0.2) is 0 Å². The second-order valence-electron chi connectivity index (χ2n) is 3.65. The zero-order chi connectivity index (χ0) is 13.9. The molecule has 0 unspecified atom stereocenters. The van der Waals surface area contributed by atoms with Gasteiger partial charge in [-0.3, -0.25) is 0 Å². The summed E-state index contributed by atoms with van der Waals surface area (Å²) in [5.41, 5.74) is 1.98. The van der Waals surface area contributed by atoms with Crippen LogP contribution in [-0.2, 0) is 11.4 Å². The van der Waals surface area contributed by atoms with Crippen LogP contribution < -0.4 is 0 Å². The highest BCUT2D eigenvalue weighted by molar-refractivity contribution is 6.40. The summed E-state index contributed by atoms with van der Waals surface area (Å²) in [4.78, 5) is 5.06. The van der Waals surface area contributed by atoms with Crippen LogP contribution in [0.2, 0.25) is 0 Å². The highest BCUT2D eigenvalue weighted by atomic mass is 16.6. The van der Waals surface area contributed by atoms with Gasteiger partial charge in [0.25, 0.3) is 0 Å². The molecular formula is C13H16N4O2. The van der Waals surface area contributed by atoms with E-state index in [4.69, 9.17) is 10.0 Å². The van der Waals surface area contributed by atoms with Gasteiger partial charge in [0.05, 0.1) is 23.9 Å². The third-order valence-electron chi connectivity index (χ3n) is 2.22. The minimum absolute atomic E-state index is 0.407. The van der Waals surface area contributed by atoms with E-state index in [0.29, 0.717) is 18.0 Å². The van der Waals surface area contributed by atoms with Gasteiger partial charge in [-0.2, -0.15) is 10.2 Å². The first-order valence-electron chi connectivity index (χ1n) is 5.68. The lowest BCUT2D eigenvalue weighted by Gasteiger charge is -1.97. The predicted molar refractivity (Wildman–Crippen MR) is 76.2 cm³/mol. The maximum absolute atomic E-state index is 8.50. The van der Waals surface area contributed by atoms with Crippen molar-refractivity contribution < 1.29 is 10.0 Å². The van der Waals surface area contributed by atoms with Crippen molar-refractivity contribution in [2.75, 3.05) is 0 Å². The van der Waals surface area contributed by atoms with Gasteiger partial charge in [-0.15, -0.1) is 0 Å². The molecule has 19 heavy (non-hydrogen) atoms. The number of hydrogen-bond donors (Lipinski definition) is 1. The molecule has 1 rings (SSSR count). The molecule has 0 amide bonds. The lowest BCUT2D eigenvalue weighted by molar-refractivity contribution is 0.132. The van der Waals surface area contributed by atoms with Crippen LogP contribution in [0.3, 0.4) is 0 Å². The van der Waals surface area contributed by atoms with E-state index in [9.17, 15) is 0 Å². The highest BCUT2D eigenvalue weighted by Crippen LogP contribution is 1.99. The summed E-state index contributed by atoms with van der Waals surface area (Å²) in [6.07, 6.45) is 2.78. The molecule has 1 N–H and O–H groups in total. The zero-order valence-electron chi connectivity index (χ0n) is 10.9. The van der Waals surface area contributed by atoms with Crippen molar-refractivity contribution in [3.63, 3.8) is 0 Å². The molecule has 0 heterocycles. The van der Waals surface area contributed by atoms with E-state index in [-0.39, 0.29) is 0 Å². The average Bonchev–Trinajstić information content (AvgIpc) is 2.46. The highest BCUT2D eigenvalue weighted by Gasteiger charge is 1.94. The van der Waals surface area contributed by atoms with Crippen LogP contribution in [-0.4, -0.2) is 29.1 Å². The number of oxime groups is 2. The van der Waals surface area contributed by atoms with Crippen LogP contribution in [0.1, 0.15) is 19.4 Å². The Balaban J connectivity index is 2.31. The molecule has 0 atom stereocenters. The van der Waals surface area contributed by atoms with Crippen molar-refractivity contribution in [1.29, 1.82) is 0 Å². The molecular weight excluding hydrogens is 244 g/mol. The molecule has 0 aliphatic rings. The molecule has 0 saturated heterocycles. The normalized spacial score (nSPS) is 13.4. The number of benzene rings is 1. The largest absolute Gasteiger partial charge is 0.411 e. The van der Waals surface area contributed by atoms with E-state index < -0.39 is 0 Å². The van der Waals surface area contributed by atoms with Gasteiger partial charge < -0.3 is 10.0 Å². The Bertz CT molecular complexity index is 493. The number of rotatable bonds is 6. The van der Waals surface area contributed by atoms with Crippen molar-refractivity contribution in [3.05, 3.63) is 35.9 Å². The fourth-order valence-electron chi connectivity index (χ4n) is 1.05. The molecule has 0 bridgehead atoms. The smallest absolute Gasteiger partial charge is 0.142 e. The Labute approximate surface area is 111 Å². The van der Waals surface area contributed by atoms with E-state index >= 15 is 0 Å². The van der Waals surface area contributed by atoms with Crippen LogP contribution in [0.15, 0.2) is 50.8 Å². The van der Waals surface area contributed by atoms with Crippen LogP contribution in [0.5, 0.6) is 0 Å². The van der Waals surface area contributed by atoms with E-state index in [1.807, 2.05) is 30.3 Å². The van der Waals surface area contributed by atoms with Gasteiger partial charge in [0, 0.05) is 0 Å². The molecule has 6 nitrogen and oxygen atoms in total. The van der Waals surface area contributed by atoms with Crippen molar-refractivity contribution >= 4 is 23.9 Å². The minimum atomic E-state index is 0.407. The molecule has 6 heteroatoms. The fourth-order valence-corrected chi connectivity index (χ4v) is 1.05. The second kappa shape index (κ2) is 8.57. The first-order chi connectivity index (χ1) is 9.24. The summed E-state index contributed by atoms with van der Waals surface area (Å²) >= 11 is 0. The van der Waals surface area contributed by atoms with Crippen LogP contribution in [0, 0.1) is 0 Å². The number of nitrogens with zero attached hydrogens (tertiary/aromatic N) is 4. The molecule has 1 aromatic carbocycles. The third kappa shape index (κ3) is 6.11. The molecule has 0 aliphatic carbocycles. The summed E-state index contributed by atoms with van der Waals surface area (Å²) < 4.78 is 0. The topological polar surface area (TPSA) is 78.9 Å². The molecule has 0 radical (unpaired) electrons. The standard InChI is InChI=1S/C13H16N4O2/c1-11(12(2)17-18)16-14-8-9-15-19-10-13-6-4-3-5-7-13/h3-9,18H,10H2,1-2H3/b14-8+,15-9+,16-11+,17-12-. The summed E-state index contributed by atoms with van der Waals surface area (Å²) in [6, 6.07) is 9.72. The van der Waals surface area contributed by atoms with E-state index in [0.717, 1.165) is 5.56 Å². The van der Waals surface area contributed by atoms with E-state index in [1.54, 1.807) is 13.8 Å². The summed E-state index contributed by atoms with van der Waals surface area (Å²) in [6.45, 7) is 3.73. The molecule has 1 aromatic rings. The first-order valence-corrected chi connectivity index (χ1v) is 5.68. The van der Waals surface area contributed by atoms with Gasteiger partial charge in [-0.05, 0) is 19.4 Å². The first kappa shape index (κ1) is 14.6. The molecule has 100 valence electrons. The van der Waals surface area contributed by atoms with Crippen LogP contribution in [0.25, 0.3) is 0 Å². The fraction of sp³-hybridized carbons (Fsp3) is 0.231. The third-order valence-corrected chi connectivity index (χ3v) is 2.22. The Morgan fingerprint density at radius 3 is 2.58 bits per heavy atom. The van der Waals surface area contributed by atoms with Gasteiger partial charge in [0.15, 0.2) is 0 Å². The number of hydrogen-bond acceptors (Lipinski definition) is 6. The average molecular weight is 260 g/mol. The molecule has 0 aromatic heterocycles. The maximum atomic E-state index is 8.50. The van der Waals surface area contributed by atoms with Crippen molar-refractivity contribution in [3.8, 4) is 0 Å². The maximum Gasteiger partial charge on any atom is 0.142 e. The Kier molecular flexibility index (Phi) is 6.57. The molecule has 0 spiro atoms. The summed E-state index contributed by atoms with van der Waals surface area (Å²) in [7, 11) is 0. The second-order valence-corrected chi connectivity index (χ2v) is 3.65. The lowest BCUT2D eigenvalue weighted by atomic mass is 10.2. The monoisotopic (exact) mass is 260 g/mol. The Hall–Kier alpha value is -2.50. The Morgan fingerprint density at radius 1 is 1.16 bits per heavy atom. The predicted octanol–water partition coefficient (Wildman–Crippen LogP) is 2.49. The van der Waals surface area contributed by atoms with Gasteiger partial charge in [0.1, 0.15) is 6.61 Å². The minimum Gasteiger partial charge on any atom is -0.411 e. The van der Waals surface area contributed by atoms with Gasteiger partial charge in [-0.1, -0.05) is 40.6 Å². The van der Waals surface area contributed by atoms with E-state index in [2.05, 4.69) is 20.5 Å². The van der Waals surface area contributed by atoms with Crippen molar-refractivity contribution in [2.45, 2.75) is 20.5 Å². The van der Waals surface area contributed by atoms with E-state index in [1.165, 1.54) is 12.4 Å². The van der Waals surface area contributed by atoms with Crippen LogP contribution in [0.4, 0.5) is 0 Å². The SMILES string of the molecule is CC(=N/O)/C(C)=N/N=C/C=N/OCc1ccccc1. The zero-order valence-corrected chi connectivity index (χ0v) is 10.9.